The second kappa shape index (κ2) is 7.14. The predicted molar refractivity (Wildman–Crippen MR) is 130 cm³/mol. The Morgan fingerprint density at radius 2 is 1.76 bits per heavy atom. The molecule has 0 bridgehead atoms. The first kappa shape index (κ1) is 20.4. The summed E-state index contributed by atoms with van der Waals surface area (Å²) in [6, 6.07) is 12.9. The number of rotatable bonds is 2. The van der Waals surface area contributed by atoms with E-state index in [1.54, 1.807) is 0 Å². The number of fused-ring (bicyclic) bond motifs is 5. The highest BCUT2D eigenvalue weighted by molar-refractivity contribution is 6.01. The third-order valence-electron chi connectivity index (χ3n) is 7.40. The summed E-state index contributed by atoms with van der Waals surface area (Å²) in [7, 11) is 4.10. The van der Waals surface area contributed by atoms with E-state index in [1.807, 2.05) is 14.1 Å². The molecule has 5 heteroatoms. The molecule has 0 amide bonds. The number of anilines is 1. The summed E-state index contributed by atoms with van der Waals surface area (Å²) < 4.78 is 11.3. The molecule has 5 nitrogen and oxygen atoms in total. The van der Waals surface area contributed by atoms with Gasteiger partial charge in [-0.1, -0.05) is 26.0 Å². The molecule has 1 aliphatic carbocycles. The Morgan fingerprint density at radius 3 is 2.48 bits per heavy atom. The molecule has 0 aromatic heterocycles. The zero-order chi connectivity index (χ0) is 22.9. The van der Waals surface area contributed by atoms with Gasteiger partial charge in [0.2, 0.25) is 6.79 Å². The maximum absolute atomic E-state index is 13.5. The van der Waals surface area contributed by atoms with E-state index < -0.39 is 0 Å². The minimum Gasteiger partial charge on any atom is -0.454 e. The zero-order valence-electron chi connectivity index (χ0n) is 19.8. The van der Waals surface area contributed by atoms with E-state index >= 15 is 0 Å². The number of benzene rings is 2. The van der Waals surface area contributed by atoms with Gasteiger partial charge in [0.05, 0.1) is 0 Å². The fourth-order valence-electron chi connectivity index (χ4n) is 5.77. The first-order chi connectivity index (χ1) is 15.8. The monoisotopic (exact) mass is 442 g/mol. The topological polar surface area (TPSA) is 42.0 Å². The van der Waals surface area contributed by atoms with Gasteiger partial charge in [-0.15, -0.1) is 0 Å². The number of carbonyl (C=O) groups excluding carboxylic acids is 1. The van der Waals surface area contributed by atoms with Crippen molar-refractivity contribution in [3.63, 3.8) is 0 Å². The first-order valence-corrected chi connectivity index (χ1v) is 11.8. The molecule has 4 aliphatic rings. The average Bonchev–Trinajstić information content (AvgIpc) is 3.23. The van der Waals surface area contributed by atoms with Gasteiger partial charge < -0.3 is 19.3 Å². The quantitative estimate of drug-likeness (QED) is 0.646. The molecule has 3 heterocycles. The number of carbonyl (C=O) groups is 1. The molecule has 2 aromatic rings. The van der Waals surface area contributed by atoms with E-state index in [9.17, 15) is 4.79 Å². The Balaban J connectivity index is 1.52. The van der Waals surface area contributed by atoms with Crippen LogP contribution in [0, 0.1) is 5.41 Å². The molecule has 1 atom stereocenters. The smallest absolute Gasteiger partial charge is 0.231 e. The lowest BCUT2D eigenvalue weighted by Gasteiger charge is -2.46. The number of allylic oxidation sites excluding steroid dienone is 3. The summed E-state index contributed by atoms with van der Waals surface area (Å²) in [6.07, 6.45) is 4.75. The molecule has 2 aromatic carbocycles. The number of hydrogen-bond acceptors (Lipinski definition) is 5. The Morgan fingerprint density at radius 1 is 1.03 bits per heavy atom. The van der Waals surface area contributed by atoms with Crippen LogP contribution in [-0.4, -0.2) is 38.1 Å². The van der Waals surface area contributed by atoms with Gasteiger partial charge in [0, 0.05) is 61.2 Å². The van der Waals surface area contributed by atoms with E-state index in [0.717, 1.165) is 42.1 Å². The maximum Gasteiger partial charge on any atom is 0.231 e. The van der Waals surface area contributed by atoms with Crippen molar-refractivity contribution in [3.8, 4) is 11.5 Å². The van der Waals surface area contributed by atoms with Gasteiger partial charge in [0.15, 0.2) is 17.3 Å². The van der Waals surface area contributed by atoms with Crippen LogP contribution in [0.4, 0.5) is 5.69 Å². The molecule has 0 saturated heterocycles. The van der Waals surface area contributed by atoms with Gasteiger partial charge in [0.25, 0.3) is 0 Å². The highest BCUT2D eigenvalue weighted by Gasteiger charge is 2.42. The van der Waals surface area contributed by atoms with Crippen LogP contribution in [0.3, 0.4) is 0 Å². The second-order valence-electron chi connectivity index (χ2n) is 10.6. The van der Waals surface area contributed by atoms with Crippen molar-refractivity contribution in [2.45, 2.75) is 39.0 Å². The minimum atomic E-state index is -0.0394. The Kier molecular flexibility index (Phi) is 4.42. The Hall–Kier alpha value is -3.21. The molecule has 0 N–H and O–H groups in total. The van der Waals surface area contributed by atoms with E-state index in [1.165, 1.54) is 28.1 Å². The summed E-state index contributed by atoms with van der Waals surface area (Å²) in [5.41, 5.74) is 8.16. The second-order valence-corrected chi connectivity index (χ2v) is 10.6. The fourth-order valence-corrected chi connectivity index (χ4v) is 5.77. The summed E-state index contributed by atoms with van der Waals surface area (Å²) in [4.78, 5) is 18.0. The normalized spacial score (nSPS) is 22.4. The molecule has 6 rings (SSSR count). The van der Waals surface area contributed by atoms with Gasteiger partial charge in [-0.05, 0) is 59.7 Å². The molecule has 3 aliphatic heterocycles. The van der Waals surface area contributed by atoms with Crippen LogP contribution >= 0.6 is 0 Å². The van der Waals surface area contributed by atoms with Crippen LogP contribution in [0.5, 0.6) is 11.5 Å². The molecule has 0 radical (unpaired) electrons. The number of Topliss-reactive ketones (excluding diaryl/α,β-unsaturated/α-hetero) is 1. The van der Waals surface area contributed by atoms with Crippen molar-refractivity contribution in [1.82, 2.24) is 4.90 Å². The lowest BCUT2D eigenvalue weighted by molar-refractivity contribution is -0.118. The number of ether oxygens (including phenoxy) is 2. The molecule has 0 saturated carbocycles. The number of hydrogen-bond donors (Lipinski definition) is 0. The van der Waals surface area contributed by atoms with E-state index in [-0.39, 0.29) is 23.9 Å². The fraction of sp³-hybridized carbons (Fsp3) is 0.393. The third kappa shape index (κ3) is 3.25. The van der Waals surface area contributed by atoms with Gasteiger partial charge in [-0.3, -0.25) is 4.79 Å². The molecular formula is C28H30N2O3. The lowest BCUT2D eigenvalue weighted by atomic mass is 9.69. The SMILES string of the molecule is CN(C)c1ccc([C@H]2C=C3c4cc5c(cc4CCN3C3=C2C(=O)CC(C)(C)C3)OCO5)cc1. The van der Waals surface area contributed by atoms with Crippen LogP contribution < -0.4 is 14.4 Å². The highest BCUT2D eigenvalue weighted by atomic mass is 16.7. The van der Waals surface area contributed by atoms with Gasteiger partial charge >= 0.3 is 0 Å². The largest absolute Gasteiger partial charge is 0.454 e. The average molecular weight is 443 g/mol. The van der Waals surface area contributed by atoms with Crippen molar-refractivity contribution < 1.29 is 14.3 Å². The van der Waals surface area contributed by atoms with Gasteiger partial charge in [0.1, 0.15) is 0 Å². The van der Waals surface area contributed by atoms with Crippen molar-refractivity contribution in [3.05, 3.63) is 70.4 Å². The van der Waals surface area contributed by atoms with Gasteiger partial charge in [-0.25, -0.2) is 0 Å². The first-order valence-electron chi connectivity index (χ1n) is 11.8. The predicted octanol–water partition coefficient (Wildman–Crippen LogP) is 5.12. The van der Waals surface area contributed by atoms with E-state index in [2.05, 4.69) is 66.1 Å². The van der Waals surface area contributed by atoms with Crippen molar-refractivity contribution in [2.75, 3.05) is 32.3 Å². The zero-order valence-corrected chi connectivity index (χ0v) is 19.8. The van der Waals surface area contributed by atoms with Crippen LogP contribution in [-0.2, 0) is 11.2 Å². The highest BCUT2D eigenvalue weighted by Crippen LogP contribution is 2.51. The standard InChI is InChI=1S/C28H30N2O3/c1-28(2)14-23-27(24(31)15-28)21(17-5-7-19(8-6-17)29(3)4)12-22-20-13-26-25(32-16-33-26)11-18(20)9-10-30(22)23/h5-8,11-13,21H,9-10,14-16H2,1-4H3/t21-/m1/s1. The van der Waals surface area contributed by atoms with Crippen LogP contribution in [0.25, 0.3) is 5.70 Å². The molecule has 0 unspecified atom stereocenters. The van der Waals surface area contributed by atoms with Crippen LogP contribution in [0.1, 0.15) is 49.3 Å². The molecule has 33 heavy (non-hydrogen) atoms. The molecule has 0 fully saturated rings. The summed E-state index contributed by atoms with van der Waals surface area (Å²) in [6.45, 7) is 5.58. The van der Waals surface area contributed by atoms with E-state index in [0.29, 0.717) is 6.42 Å². The van der Waals surface area contributed by atoms with Gasteiger partial charge in [-0.2, -0.15) is 0 Å². The number of ketones is 1. The Labute approximate surface area is 195 Å². The molecule has 170 valence electrons. The van der Waals surface area contributed by atoms with Crippen LogP contribution in [0.2, 0.25) is 0 Å². The van der Waals surface area contributed by atoms with Crippen molar-refractivity contribution >= 4 is 17.2 Å². The third-order valence-corrected chi connectivity index (χ3v) is 7.40. The maximum atomic E-state index is 13.5. The summed E-state index contributed by atoms with van der Waals surface area (Å²) in [5, 5.41) is 0. The van der Waals surface area contributed by atoms with E-state index in [4.69, 9.17) is 9.47 Å². The van der Waals surface area contributed by atoms with Crippen LogP contribution in [0.15, 0.2) is 53.7 Å². The number of nitrogens with zero attached hydrogens (tertiary/aromatic N) is 2. The van der Waals surface area contributed by atoms with Crippen molar-refractivity contribution in [2.24, 2.45) is 5.41 Å². The lowest BCUT2D eigenvalue weighted by Crippen LogP contribution is -2.40. The summed E-state index contributed by atoms with van der Waals surface area (Å²) in [5.74, 6) is 1.89. The Bertz CT molecular complexity index is 1220. The molecular weight excluding hydrogens is 412 g/mol. The van der Waals surface area contributed by atoms with Crippen molar-refractivity contribution in [1.29, 1.82) is 0 Å². The molecule has 0 spiro atoms. The minimum absolute atomic E-state index is 0.0349. The summed E-state index contributed by atoms with van der Waals surface area (Å²) >= 11 is 0.